The van der Waals surface area contributed by atoms with Crippen LogP contribution in [0.25, 0.3) is 6.08 Å². The topological polar surface area (TPSA) is 58.2 Å². The minimum absolute atomic E-state index is 0.290. The van der Waals surface area contributed by atoms with Crippen molar-refractivity contribution in [3.05, 3.63) is 49.3 Å². The Bertz CT molecular complexity index is 714. The maximum Gasteiger partial charge on any atom is 0.279 e. The number of amides is 2. The van der Waals surface area contributed by atoms with Crippen LogP contribution in [-0.2, 0) is 11.2 Å². The zero-order valence-electron chi connectivity index (χ0n) is 12.7. The quantitative estimate of drug-likeness (QED) is 0.664. The summed E-state index contributed by atoms with van der Waals surface area (Å²) in [5.41, 5.74) is 5.93. The molecule has 0 unspecified atom stereocenters. The van der Waals surface area contributed by atoms with Crippen molar-refractivity contribution < 1.29 is 9.59 Å². The largest absolute Gasteiger partial charge is 0.279 e. The molecule has 2 aromatic rings. The third kappa shape index (κ3) is 4.29. The summed E-state index contributed by atoms with van der Waals surface area (Å²) in [7, 11) is 0. The summed E-state index contributed by atoms with van der Waals surface area (Å²) in [6, 6.07) is 5.78. The predicted octanol–water partition coefficient (Wildman–Crippen LogP) is 3.46. The van der Waals surface area contributed by atoms with E-state index in [9.17, 15) is 9.59 Å². The van der Waals surface area contributed by atoms with Crippen LogP contribution in [0.5, 0.6) is 0 Å². The van der Waals surface area contributed by atoms with Crippen LogP contribution in [0.15, 0.2) is 24.3 Å². The van der Waals surface area contributed by atoms with Crippen LogP contribution in [-0.4, -0.2) is 11.8 Å². The standard InChI is InChI=1S/C16H18N2O2S2/c1-4-13-10(2)9-14(22-13)16(20)18-17-15(19)8-7-12-6-5-11(3)21-12/h5-9H,4H2,1-3H3,(H,17,19)(H,18,20)/b8-7+. The summed E-state index contributed by atoms with van der Waals surface area (Å²) in [6.45, 7) is 6.05. The maximum atomic E-state index is 12.0. The molecule has 0 bridgehead atoms. The fourth-order valence-electron chi connectivity index (χ4n) is 1.91. The molecule has 0 fully saturated rings. The number of hydrogen-bond acceptors (Lipinski definition) is 4. The third-order valence-corrected chi connectivity index (χ3v) is 5.37. The minimum atomic E-state index is -0.358. The minimum Gasteiger partial charge on any atom is -0.268 e. The van der Waals surface area contributed by atoms with Crippen molar-refractivity contribution in [3.63, 3.8) is 0 Å². The van der Waals surface area contributed by atoms with Gasteiger partial charge >= 0.3 is 0 Å². The monoisotopic (exact) mass is 334 g/mol. The molecule has 2 heterocycles. The van der Waals surface area contributed by atoms with Gasteiger partial charge in [0, 0.05) is 20.7 Å². The number of nitrogens with one attached hydrogen (secondary N) is 2. The summed E-state index contributed by atoms with van der Waals surface area (Å²) in [4.78, 5) is 27.6. The van der Waals surface area contributed by atoms with Gasteiger partial charge in [0.2, 0.25) is 0 Å². The van der Waals surface area contributed by atoms with Crippen LogP contribution in [0.1, 0.15) is 36.8 Å². The van der Waals surface area contributed by atoms with Crippen LogP contribution in [0.3, 0.4) is 0 Å². The van der Waals surface area contributed by atoms with Crippen LogP contribution in [0, 0.1) is 13.8 Å². The second-order valence-corrected chi connectivity index (χ2v) is 7.25. The van der Waals surface area contributed by atoms with Gasteiger partial charge in [-0.1, -0.05) is 6.92 Å². The van der Waals surface area contributed by atoms with Gasteiger partial charge < -0.3 is 0 Å². The molecule has 116 valence electrons. The van der Waals surface area contributed by atoms with E-state index in [1.807, 2.05) is 32.0 Å². The highest BCUT2D eigenvalue weighted by Crippen LogP contribution is 2.22. The number of rotatable bonds is 4. The Kier molecular flexibility index (Phi) is 5.51. The van der Waals surface area contributed by atoms with Crippen LogP contribution < -0.4 is 10.9 Å². The number of hydrazine groups is 1. The van der Waals surface area contributed by atoms with Gasteiger partial charge in [-0.3, -0.25) is 20.4 Å². The van der Waals surface area contributed by atoms with Gasteiger partial charge in [0.25, 0.3) is 11.8 Å². The van der Waals surface area contributed by atoms with E-state index >= 15 is 0 Å². The lowest BCUT2D eigenvalue weighted by molar-refractivity contribution is -0.117. The fraction of sp³-hybridized carbons (Fsp3) is 0.250. The normalized spacial score (nSPS) is 10.9. The highest BCUT2D eigenvalue weighted by Gasteiger charge is 2.11. The van der Waals surface area contributed by atoms with Gasteiger partial charge in [-0.25, -0.2) is 0 Å². The van der Waals surface area contributed by atoms with Crippen LogP contribution >= 0.6 is 22.7 Å². The SMILES string of the molecule is CCc1sc(C(=O)NNC(=O)/C=C/c2ccc(C)s2)cc1C. The number of carbonyl (C=O) groups is 2. The highest BCUT2D eigenvalue weighted by atomic mass is 32.1. The molecule has 0 aliphatic heterocycles. The Morgan fingerprint density at radius 3 is 2.55 bits per heavy atom. The summed E-state index contributed by atoms with van der Waals surface area (Å²) in [5.74, 6) is -0.648. The van der Waals surface area contributed by atoms with Crippen molar-refractivity contribution in [2.75, 3.05) is 0 Å². The van der Waals surface area contributed by atoms with E-state index in [4.69, 9.17) is 0 Å². The van der Waals surface area contributed by atoms with E-state index in [0.717, 1.165) is 16.9 Å². The van der Waals surface area contributed by atoms with Gasteiger partial charge in [0.15, 0.2) is 0 Å². The first-order chi connectivity index (χ1) is 10.5. The molecule has 2 N–H and O–H groups in total. The lowest BCUT2D eigenvalue weighted by Crippen LogP contribution is -2.40. The van der Waals surface area contributed by atoms with E-state index in [0.29, 0.717) is 4.88 Å². The Labute approximate surface area is 137 Å². The average Bonchev–Trinajstić information content (AvgIpc) is 3.08. The number of hydrogen-bond donors (Lipinski definition) is 2. The molecule has 22 heavy (non-hydrogen) atoms. The molecule has 4 nitrogen and oxygen atoms in total. The first-order valence-electron chi connectivity index (χ1n) is 6.93. The first kappa shape index (κ1) is 16.5. The van der Waals surface area contributed by atoms with E-state index < -0.39 is 0 Å². The summed E-state index contributed by atoms with van der Waals surface area (Å²) in [6.07, 6.45) is 4.03. The van der Waals surface area contributed by atoms with Gasteiger partial charge in [-0.15, -0.1) is 22.7 Å². The van der Waals surface area contributed by atoms with Crippen molar-refractivity contribution in [1.82, 2.24) is 10.9 Å². The van der Waals surface area contributed by atoms with E-state index in [-0.39, 0.29) is 11.8 Å². The summed E-state index contributed by atoms with van der Waals surface area (Å²) < 4.78 is 0. The van der Waals surface area contributed by atoms with Crippen LogP contribution in [0.2, 0.25) is 0 Å². The Hall–Kier alpha value is -1.92. The van der Waals surface area contributed by atoms with Gasteiger partial charge in [-0.2, -0.15) is 0 Å². The molecule has 0 aromatic carbocycles. The zero-order valence-corrected chi connectivity index (χ0v) is 14.4. The Morgan fingerprint density at radius 1 is 1.18 bits per heavy atom. The molecule has 0 spiro atoms. The third-order valence-electron chi connectivity index (χ3n) is 3.02. The average molecular weight is 334 g/mol. The second-order valence-electron chi connectivity index (χ2n) is 4.80. The first-order valence-corrected chi connectivity index (χ1v) is 8.57. The number of aryl methyl sites for hydroxylation is 3. The highest BCUT2D eigenvalue weighted by molar-refractivity contribution is 7.14. The van der Waals surface area contributed by atoms with Crippen molar-refractivity contribution in [1.29, 1.82) is 0 Å². The second kappa shape index (κ2) is 7.38. The molecule has 6 heteroatoms. The molecule has 2 rings (SSSR count). The van der Waals surface area contributed by atoms with Gasteiger partial charge in [0.1, 0.15) is 0 Å². The molecule has 2 amide bonds. The van der Waals surface area contributed by atoms with Gasteiger partial charge in [0.05, 0.1) is 4.88 Å². The molecule has 0 saturated heterocycles. The van der Waals surface area contributed by atoms with Crippen molar-refractivity contribution >= 4 is 40.6 Å². The fourth-order valence-corrected chi connectivity index (χ4v) is 3.69. The number of thiophene rings is 2. The van der Waals surface area contributed by atoms with Gasteiger partial charge in [-0.05, 0) is 50.1 Å². The zero-order chi connectivity index (χ0) is 16.1. The van der Waals surface area contributed by atoms with Crippen molar-refractivity contribution in [3.8, 4) is 0 Å². The smallest absolute Gasteiger partial charge is 0.268 e. The molecular formula is C16H18N2O2S2. The van der Waals surface area contributed by atoms with Crippen molar-refractivity contribution in [2.24, 2.45) is 0 Å². The number of carbonyl (C=O) groups excluding carboxylic acids is 2. The molecule has 0 aliphatic rings. The molecule has 0 aliphatic carbocycles. The molecular weight excluding hydrogens is 316 g/mol. The summed E-state index contributed by atoms with van der Waals surface area (Å²) >= 11 is 3.06. The lowest BCUT2D eigenvalue weighted by Gasteiger charge is -2.02. The Balaban J connectivity index is 1.87. The van der Waals surface area contributed by atoms with E-state index in [1.54, 1.807) is 17.4 Å². The molecule has 0 atom stereocenters. The summed E-state index contributed by atoms with van der Waals surface area (Å²) in [5, 5.41) is 0. The lowest BCUT2D eigenvalue weighted by atomic mass is 10.2. The van der Waals surface area contributed by atoms with E-state index in [2.05, 4.69) is 17.8 Å². The molecule has 0 saturated carbocycles. The predicted molar refractivity (Wildman–Crippen MR) is 92.1 cm³/mol. The molecule has 2 aromatic heterocycles. The van der Waals surface area contributed by atoms with Crippen LogP contribution in [0.4, 0.5) is 0 Å². The maximum absolute atomic E-state index is 12.0. The Morgan fingerprint density at radius 2 is 1.95 bits per heavy atom. The van der Waals surface area contributed by atoms with E-state index in [1.165, 1.54) is 27.2 Å². The van der Waals surface area contributed by atoms with Crippen molar-refractivity contribution in [2.45, 2.75) is 27.2 Å². The molecule has 0 radical (unpaired) electrons.